The molecule has 2 aromatic rings. The fraction of sp³-hybridized carbons (Fsp3) is 0.316. The van der Waals surface area contributed by atoms with E-state index in [9.17, 15) is 17.6 Å². The van der Waals surface area contributed by atoms with Crippen LogP contribution >= 0.6 is 11.6 Å². The second-order valence-corrected chi connectivity index (χ2v) is 8.31. The molecule has 0 saturated carbocycles. The Morgan fingerprint density at radius 1 is 1.14 bits per heavy atom. The van der Waals surface area contributed by atoms with Crippen LogP contribution in [0.15, 0.2) is 41.3 Å². The van der Waals surface area contributed by atoms with Crippen molar-refractivity contribution in [3.8, 4) is 11.5 Å². The highest BCUT2D eigenvalue weighted by atomic mass is 35.5. The van der Waals surface area contributed by atoms with Gasteiger partial charge in [0.05, 0.1) is 24.8 Å². The molecule has 1 N–H and O–H groups in total. The molecule has 7 nitrogen and oxygen atoms in total. The number of hydrogen-bond acceptors (Lipinski definition) is 5. The van der Waals surface area contributed by atoms with E-state index in [1.54, 1.807) is 18.2 Å². The van der Waals surface area contributed by atoms with Gasteiger partial charge in [-0.3, -0.25) is 4.79 Å². The first-order valence-electron chi connectivity index (χ1n) is 8.80. The molecule has 0 bridgehead atoms. The Labute approximate surface area is 174 Å². The van der Waals surface area contributed by atoms with Crippen molar-refractivity contribution in [3.05, 3.63) is 47.2 Å². The van der Waals surface area contributed by atoms with Crippen LogP contribution in [-0.4, -0.2) is 45.4 Å². The average Bonchev–Trinajstić information content (AvgIpc) is 2.66. The molecule has 29 heavy (non-hydrogen) atoms. The summed E-state index contributed by atoms with van der Waals surface area (Å²) in [6, 6.07) is 8.48. The molecule has 0 atom stereocenters. The predicted octanol–water partition coefficient (Wildman–Crippen LogP) is 3.54. The molecule has 0 spiro atoms. The van der Waals surface area contributed by atoms with E-state index < -0.39 is 33.2 Å². The van der Waals surface area contributed by atoms with Crippen LogP contribution in [0.3, 0.4) is 0 Å². The van der Waals surface area contributed by atoms with Crippen LogP contribution in [0.1, 0.15) is 13.8 Å². The van der Waals surface area contributed by atoms with E-state index in [0.717, 1.165) is 10.4 Å². The van der Waals surface area contributed by atoms with Crippen molar-refractivity contribution < 1.29 is 27.1 Å². The quantitative estimate of drug-likeness (QED) is 0.639. The lowest BCUT2D eigenvalue weighted by Gasteiger charge is -2.18. The SMILES string of the molecule is CCOc1ccc(NC(=O)CN(C)S(=O)(=O)c2cccc(Cl)c2F)cc1OCC. The number of nitrogens with one attached hydrogen (secondary N) is 1. The minimum absolute atomic E-state index is 0.318. The van der Waals surface area contributed by atoms with Gasteiger partial charge in [0, 0.05) is 18.8 Å². The van der Waals surface area contributed by atoms with Crippen LogP contribution < -0.4 is 14.8 Å². The second kappa shape index (κ2) is 9.91. The third kappa shape index (κ3) is 5.59. The number of nitrogens with zero attached hydrogens (tertiary/aromatic N) is 1. The molecule has 0 aromatic heterocycles. The molecular formula is C19H22ClFN2O5S. The lowest BCUT2D eigenvalue weighted by Crippen LogP contribution is -2.35. The summed E-state index contributed by atoms with van der Waals surface area (Å²) in [5.74, 6) is -0.683. The zero-order valence-corrected chi connectivity index (χ0v) is 17.8. The number of benzene rings is 2. The number of amides is 1. The van der Waals surface area contributed by atoms with Gasteiger partial charge in [-0.05, 0) is 38.1 Å². The summed E-state index contributed by atoms with van der Waals surface area (Å²) >= 11 is 5.65. The van der Waals surface area contributed by atoms with E-state index in [4.69, 9.17) is 21.1 Å². The van der Waals surface area contributed by atoms with Gasteiger partial charge in [-0.1, -0.05) is 17.7 Å². The topological polar surface area (TPSA) is 84.9 Å². The Balaban J connectivity index is 2.14. The van der Waals surface area contributed by atoms with E-state index in [1.165, 1.54) is 19.2 Å². The van der Waals surface area contributed by atoms with Gasteiger partial charge in [-0.2, -0.15) is 4.31 Å². The van der Waals surface area contributed by atoms with Gasteiger partial charge in [0.15, 0.2) is 17.3 Å². The highest BCUT2D eigenvalue weighted by Gasteiger charge is 2.27. The molecule has 10 heteroatoms. The van der Waals surface area contributed by atoms with Crippen molar-refractivity contribution in [1.82, 2.24) is 4.31 Å². The van der Waals surface area contributed by atoms with Gasteiger partial charge in [-0.15, -0.1) is 0 Å². The molecule has 2 rings (SSSR count). The number of likely N-dealkylation sites (N-methyl/N-ethyl adjacent to an activating group) is 1. The smallest absolute Gasteiger partial charge is 0.246 e. The number of halogens is 2. The monoisotopic (exact) mass is 444 g/mol. The van der Waals surface area contributed by atoms with Gasteiger partial charge in [0.1, 0.15) is 4.90 Å². The first-order valence-corrected chi connectivity index (χ1v) is 10.6. The molecule has 0 unspecified atom stereocenters. The molecule has 0 fully saturated rings. The average molecular weight is 445 g/mol. The van der Waals surface area contributed by atoms with Gasteiger partial charge in [-0.25, -0.2) is 12.8 Å². The van der Waals surface area contributed by atoms with Gasteiger partial charge >= 0.3 is 0 Å². The van der Waals surface area contributed by atoms with Crippen LogP contribution in [0.4, 0.5) is 10.1 Å². The van der Waals surface area contributed by atoms with Crippen LogP contribution in [-0.2, 0) is 14.8 Å². The lowest BCUT2D eigenvalue weighted by atomic mass is 10.2. The summed E-state index contributed by atoms with van der Waals surface area (Å²) < 4.78 is 50.9. The number of rotatable bonds is 9. The van der Waals surface area contributed by atoms with Gasteiger partial charge < -0.3 is 14.8 Å². The third-order valence-corrected chi connectivity index (χ3v) is 5.91. The molecule has 0 saturated heterocycles. The van der Waals surface area contributed by atoms with Crippen molar-refractivity contribution in [2.24, 2.45) is 0 Å². The summed E-state index contributed by atoms with van der Waals surface area (Å²) in [5.41, 5.74) is 0.404. The maximum absolute atomic E-state index is 14.1. The molecule has 158 valence electrons. The van der Waals surface area contributed by atoms with E-state index in [2.05, 4.69) is 5.32 Å². The number of hydrogen-bond donors (Lipinski definition) is 1. The van der Waals surface area contributed by atoms with E-state index in [-0.39, 0.29) is 5.02 Å². The Morgan fingerprint density at radius 3 is 2.45 bits per heavy atom. The first kappa shape index (κ1) is 22.9. The van der Waals surface area contributed by atoms with Crippen LogP contribution in [0.25, 0.3) is 0 Å². The van der Waals surface area contributed by atoms with Crippen molar-refractivity contribution in [2.45, 2.75) is 18.7 Å². The Kier molecular flexibility index (Phi) is 7.83. The molecule has 0 aliphatic rings. The fourth-order valence-electron chi connectivity index (χ4n) is 2.47. The van der Waals surface area contributed by atoms with Crippen LogP contribution in [0, 0.1) is 5.82 Å². The highest BCUT2D eigenvalue weighted by molar-refractivity contribution is 7.89. The molecule has 0 aliphatic carbocycles. The Hall–Kier alpha value is -2.36. The van der Waals surface area contributed by atoms with Crippen molar-refractivity contribution in [1.29, 1.82) is 0 Å². The van der Waals surface area contributed by atoms with E-state index in [1.807, 2.05) is 13.8 Å². The summed E-state index contributed by atoms with van der Waals surface area (Å²) in [6.07, 6.45) is 0. The molecule has 0 aliphatic heterocycles. The number of carbonyl (C=O) groups is 1. The van der Waals surface area contributed by atoms with Crippen molar-refractivity contribution in [2.75, 3.05) is 32.1 Å². The largest absolute Gasteiger partial charge is 0.490 e. The minimum Gasteiger partial charge on any atom is -0.490 e. The molecule has 0 radical (unpaired) electrons. The van der Waals surface area contributed by atoms with Crippen LogP contribution in [0.5, 0.6) is 11.5 Å². The standard InChI is InChI=1S/C19H22ClFN2O5S/c1-4-27-15-10-9-13(11-16(15)28-5-2)22-18(24)12-23(3)29(25,26)17-8-6-7-14(20)19(17)21/h6-11H,4-5,12H2,1-3H3,(H,22,24). The highest BCUT2D eigenvalue weighted by Crippen LogP contribution is 2.30. The number of sulfonamides is 1. The number of carbonyl (C=O) groups excluding carboxylic acids is 1. The van der Waals surface area contributed by atoms with E-state index in [0.29, 0.717) is 30.4 Å². The van der Waals surface area contributed by atoms with Gasteiger partial charge in [0.2, 0.25) is 15.9 Å². The summed E-state index contributed by atoms with van der Waals surface area (Å²) in [4.78, 5) is 11.7. The zero-order valence-electron chi connectivity index (χ0n) is 16.2. The molecule has 2 aromatic carbocycles. The molecule has 1 amide bonds. The number of ether oxygens (including phenoxy) is 2. The zero-order chi connectivity index (χ0) is 21.6. The molecule has 0 heterocycles. The normalized spacial score (nSPS) is 11.4. The third-order valence-electron chi connectivity index (χ3n) is 3.80. The van der Waals surface area contributed by atoms with Crippen molar-refractivity contribution in [3.63, 3.8) is 0 Å². The second-order valence-electron chi connectivity index (χ2n) is 5.89. The minimum atomic E-state index is -4.24. The maximum Gasteiger partial charge on any atom is 0.246 e. The summed E-state index contributed by atoms with van der Waals surface area (Å²) in [7, 11) is -3.06. The Bertz CT molecular complexity index is 985. The maximum atomic E-state index is 14.1. The first-order chi connectivity index (χ1) is 13.7. The summed E-state index contributed by atoms with van der Waals surface area (Å²) in [6.45, 7) is 3.99. The fourth-order valence-corrected chi connectivity index (χ4v) is 3.91. The van der Waals surface area contributed by atoms with Crippen LogP contribution in [0.2, 0.25) is 5.02 Å². The number of anilines is 1. The molecular weight excluding hydrogens is 423 g/mol. The Morgan fingerprint density at radius 2 is 1.79 bits per heavy atom. The lowest BCUT2D eigenvalue weighted by molar-refractivity contribution is -0.116. The van der Waals surface area contributed by atoms with E-state index >= 15 is 0 Å². The predicted molar refractivity (Wildman–Crippen MR) is 109 cm³/mol. The summed E-state index contributed by atoms with van der Waals surface area (Å²) in [5, 5.41) is 2.27. The van der Waals surface area contributed by atoms with Gasteiger partial charge in [0.25, 0.3) is 0 Å². The van der Waals surface area contributed by atoms with Crippen molar-refractivity contribution >= 4 is 33.2 Å².